The number of benzene rings is 2. The van der Waals surface area contributed by atoms with Gasteiger partial charge >= 0.3 is 0 Å². The summed E-state index contributed by atoms with van der Waals surface area (Å²) < 4.78 is 26.5. The smallest absolute Gasteiger partial charge is 0.244 e. The number of hydrogen-bond acceptors (Lipinski definition) is 4. The summed E-state index contributed by atoms with van der Waals surface area (Å²) in [6.07, 6.45) is 2.08. The summed E-state index contributed by atoms with van der Waals surface area (Å²) >= 11 is 18.3. The lowest BCUT2D eigenvalue weighted by Gasteiger charge is -2.33. The van der Waals surface area contributed by atoms with Gasteiger partial charge in [-0.25, -0.2) is 8.42 Å². The molecule has 0 radical (unpaired) electrons. The molecule has 1 N–H and O–H groups in total. The van der Waals surface area contributed by atoms with Crippen LogP contribution in [0.1, 0.15) is 44.7 Å². The molecule has 2 atom stereocenters. The van der Waals surface area contributed by atoms with E-state index in [1.165, 1.54) is 4.90 Å². The topological polar surface area (TPSA) is 86.8 Å². The van der Waals surface area contributed by atoms with Crippen LogP contribution in [0.25, 0.3) is 0 Å². The van der Waals surface area contributed by atoms with E-state index < -0.39 is 28.5 Å². The summed E-state index contributed by atoms with van der Waals surface area (Å²) in [4.78, 5) is 28.3. The lowest BCUT2D eigenvalue weighted by molar-refractivity contribution is -0.140. The van der Waals surface area contributed by atoms with Crippen molar-refractivity contribution in [2.45, 2.75) is 59.2 Å². The van der Waals surface area contributed by atoms with Gasteiger partial charge in [-0.3, -0.25) is 13.9 Å². The Kier molecular flexibility index (Phi) is 10.9. The van der Waals surface area contributed by atoms with Gasteiger partial charge in [-0.15, -0.1) is 0 Å². The van der Waals surface area contributed by atoms with Crippen LogP contribution in [0.15, 0.2) is 36.4 Å². The van der Waals surface area contributed by atoms with Gasteiger partial charge in [0.15, 0.2) is 0 Å². The molecule has 0 aromatic heterocycles. The first kappa shape index (κ1) is 30.2. The van der Waals surface area contributed by atoms with Crippen molar-refractivity contribution in [1.29, 1.82) is 0 Å². The van der Waals surface area contributed by atoms with Gasteiger partial charge in [-0.1, -0.05) is 54.7 Å². The lowest BCUT2D eigenvalue weighted by Crippen LogP contribution is -2.53. The molecule has 0 bridgehead atoms. The number of rotatable bonds is 11. The van der Waals surface area contributed by atoms with Crippen molar-refractivity contribution in [2.24, 2.45) is 0 Å². The molecule has 0 heterocycles. The maximum Gasteiger partial charge on any atom is 0.244 e. The third-order valence-corrected chi connectivity index (χ3v) is 7.93. The van der Waals surface area contributed by atoms with Gasteiger partial charge in [0.25, 0.3) is 0 Å². The molecule has 2 amide bonds. The summed E-state index contributed by atoms with van der Waals surface area (Å²) in [5.74, 6) is -0.846. The van der Waals surface area contributed by atoms with Crippen molar-refractivity contribution in [3.63, 3.8) is 0 Å². The molecule has 2 aromatic carbocycles. The monoisotopic (exact) mass is 575 g/mol. The highest BCUT2D eigenvalue weighted by Gasteiger charge is 2.32. The summed E-state index contributed by atoms with van der Waals surface area (Å²) in [5.41, 5.74) is 1.58. The summed E-state index contributed by atoms with van der Waals surface area (Å²) in [5, 5.41) is 4.05. The van der Waals surface area contributed by atoms with Crippen molar-refractivity contribution in [1.82, 2.24) is 10.2 Å². The van der Waals surface area contributed by atoms with Crippen LogP contribution in [0, 0.1) is 6.92 Å². The molecule has 0 aliphatic rings. The second kappa shape index (κ2) is 13.0. The molecule has 11 heteroatoms. The second-order valence-electron chi connectivity index (χ2n) is 8.71. The molecular weight excluding hydrogens is 545 g/mol. The Morgan fingerprint density at radius 2 is 1.67 bits per heavy atom. The average Bonchev–Trinajstić information content (AvgIpc) is 2.79. The molecule has 2 unspecified atom stereocenters. The molecule has 36 heavy (non-hydrogen) atoms. The lowest BCUT2D eigenvalue weighted by atomic mass is 10.1. The molecule has 0 saturated heterocycles. The van der Waals surface area contributed by atoms with Crippen LogP contribution in [0.3, 0.4) is 0 Å². The normalized spacial score (nSPS) is 13.1. The molecule has 0 spiro atoms. The number of hydrogen-bond donors (Lipinski definition) is 1. The minimum absolute atomic E-state index is 0.0410. The Hall–Kier alpha value is -2.00. The van der Waals surface area contributed by atoms with E-state index in [-0.39, 0.29) is 18.5 Å². The first-order valence-corrected chi connectivity index (χ1v) is 14.5. The Morgan fingerprint density at radius 1 is 1.00 bits per heavy atom. The summed E-state index contributed by atoms with van der Waals surface area (Å²) in [7, 11) is -3.84. The fourth-order valence-corrected chi connectivity index (χ4v) is 5.14. The third kappa shape index (κ3) is 8.00. The van der Waals surface area contributed by atoms with E-state index in [2.05, 4.69) is 5.32 Å². The molecule has 7 nitrogen and oxygen atoms in total. The van der Waals surface area contributed by atoms with E-state index in [0.717, 1.165) is 17.0 Å². The first-order chi connectivity index (χ1) is 16.8. The van der Waals surface area contributed by atoms with Gasteiger partial charge < -0.3 is 10.2 Å². The molecule has 0 aliphatic heterocycles. The number of aryl methyl sites for hydroxylation is 1. The number of carbonyl (C=O) groups is 2. The van der Waals surface area contributed by atoms with Crippen LogP contribution >= 0.6 is 34.8 Å². The number of nitrogens with one attached hydrogen (secondary N) is 1. The van der Waals surface area contributed by atoms with Crippen LogP contribution in [-0.4, -0.2) is 50.0 Å². The largest absolute Gasteiger partial charge is 0.352 e. The predicted octanol–water partition coefficient (Wildman–Crippen LogP) is 5.44. The number of anilines is 1. The van der Waals surface area contributed by atoms with Crippen LogP contribution in [0.4, 0.5) is 5.69 Å². The number of sulfonamides is 1. The van der Waals surface area contributed by atoms with Crippen LogP contribution in [0.2, 0.25) is 15.1 Å². The van der Waals surface area contributed by atoms with E-state index in [4.69, 9.17) is 34.8 Å². The van der Waals surface area contributed by atoms with Gasteiger partial charge in [0.1, 0.15) is 12.6 Å². The molecule has 0 aliphatic carbocycles. The number of amides is 2. The molecule has 2 aromatic rings. The van der Waals surface area contributed by atoms with Gasteiger partial charge in [0.2, 0.25) is 21.8 Å². The van der Waals surface area contributed by atoms with Gasteiger partial charge in [0.05, 0.1) is 22.0 Å². The highest BCUT2D eigenvalue weighted by molar-refractivity contribution is 7.92. The molecular formula is C25H32Cl3N3O4S. The summed E-state index contributed by atoms with van der Waals surface area (Å²) in [6.45, 7) is 6.89. The minimum atomic E-state index is -3.84. The standard InChI is InChI=1S/C25H32Cl3N3O4S/c1-6-17(4)29-25(33)22(7-2)30(14-18-8-10-20(27)21(28)13-18)24(32)15-31(36(5,34)35)23-11-9-19(26)12-16(23)3/h8-13,17,22H,6-7,14-15H2,1-5H3,(H,29,33). The Balaban J connectivity index is 2.50. The second-order valence-corrected chi connectivity index (χ2v) is 11.9. The van der Waals surface area contributed by atoms with Gasteiger partial charge in [0, 0.05) is 17.6 Å². The van der Waals surface area contributed by atoms with Crippen LogP contribution in [-0.2, 0) is 26.2 Å². The third-order valence-electron chi connectivity index (χ3n) is 5.83. The minimum Gasteiger partial charge on any atom is -0.352 e. The van der Waals surface area contributed by atoms with E-state index >= 15 is 0 Å². The zero-order chi connectivity index (χ0) is 27.2. The van der Waals surface area contributed by atoms with Crippen LogP contribution in [0.5, 0.6) is 0 Å². The average molecular weight is 577 g/mol. The van der Waals surface area contributed by atoms with E-state index in [1.54, 1.807) is 50.2 Å². The predicted molar refractivity (Wildman–Crippen MR) is 147 cm³/mol. The SMILES string of the molecule is CCC(C)NC(=O)C(CC)N(Cc1ccc(Cl)c(Cl)c1)C(=O)CN(c1ccc(Cl)cc1C)S(C)(=O)=O. The molecule has 0 fully saturated rings. The van der Waals surface area contributed by atoms with Crippen molar-refractivity contribution in [3.8, 4) is 0 Å². The summed E-state index contributed by atoms with van der Waals surface area (Å²) in [6, 6.07) is 8.79. The van der Waals surface area contributed by atoms with Crippen LogP contribution < -0.4 is 9.62 Å². The van der Waals surface area contributed by atoms with E-state index in [9.17, 15) is 18.0 Å². The van der Waals surface area contributed by atoms with Crippen molar-refractivity contribution in [2.75, 3.05) is 17.1 Å². The maximum atomic E-state index is 13.7. The van der Waals surface area contributed by atoms with E-state index in [0.29, 0.717) is 38.3 Å². The number of halogens is 3. The fourth-order valence-electron chi connectivity index (χ4n) is 3.69. The van der Waals surface area contributed by atoms with Gasteiger partial charge in [-0.05, 0) is 68.1 Å². The molecule has 198 valence electrons. The zero-order valence-electron chi connectivity index (χ0n) is 21.0. The molecule has 2 rings (SSSR count). The van der Waals surface area contributed by atoms with Crippen molar-refractivity contribution >= 4 is 62.3 Å². The van der Waals surface area contributed by atoms with E-state index in [1.807, 2.05) is 13.8 Å². The first-order valence-electron chi connectivity index (χ1n) is 11.6. The maximum absolute atomic E-state index is 13.7. The fraction of sp³-hybridized carbons (Fsp3) is 0.440. The molecule has 0 saturated carbocycles. The van der Waals surface area contributed by atoms with Crippen molar-refractivity contribution < 1.29 is 18.0 Å². The Labute approximate surface area is 228 Å². The zero-order valence-corrected chi connectivity index (χ0v) is 24.1. The van der Waals surface area contributed by atoms with Crippen molar-refractivity contribution in [3.05, 3.63) is 62.6 Å². The van der Waals surface area contributed by atoms with Gasteiger partial charge in [-0.2, -0.15) is 0 Å². The highest BCUT2D eigenvalue weighted by Crippen LogP contribution is 2.27. The highest BCUT2D eigenvalue weighted by atomic mass is 35.5. The quantitative estimate of drug-likeness (QED) is 0.386. The Bertz CT molecular complexity index is 1210. The number of nitrogens with zero attached hydrogens (tertiary/aromatic N) is 2. The number of carbonyl (C=O) groups excluding carboxylic acids is 2. The Morgan fingerprint density at radius 3 is 2.19 bits per heavy atom.